The van der Waals surface area contributed by atoms with Gasteiger partial charge in [-0.2, -0.15) is 0 Å². The van der Waals surface area contributed by atoms with Gasteiger partial charge in [0.25, 0.3) is 0 Å². The number of hydrogen-bond acceptors (Lipinski definition) is 1. The van der Waals surface area contributed by atoms with E-state index in [-0.39, 0.29) is 0 Å². The van der Waals surface area contributed by atoms with Crippen molar-refractivity contribution in [3.05, 3.63) is 348 Å². The third-order valence-electron chi connectivity index (χ3n) is 18.1. The number of anilines is 3. The molecule has 1 aromatic heterocycles. The third kappa shape index (κ3) is 6.13. The van der Waals surface area contributed by atoms with Crippen LogP contribution >= 0.6 is 0 Å². The fraction of sp³-hybridized carbons (Fsp3) is 0.0256. The lowest BCUT2D eigenvalue weighted by atomic mass is 9.67. The Morgan fingerprint density at radius 2 is 0.688 bits per heavy atom. The summed E-state index contributed by atoms with van der Waals surface area (Å²) in [5.41, 5.74) is 26.2. The van der Waals surface area contributed by atoms with Gasteiger partial charge in [-0.05, 0) is 173 Å². The van der Waals surface area contributed by atoms with E-state index >= 15 is 0 Å². The highest BCUT2D eigenvalue weighted by Gasteiger charge is 2.52. The van der Waals surface area contributed by atoms with E-state index < -0.39 is 10.8 Å². The van der Waals surface area contributed by atoms with Crippen molar-refractivity contribution in [2.24, 2.45) is 0 Å². The maximum Gasteiger partial charge on any atom is 0.0726 e. The molecular weight excluding hydrogens is 965 g/mol. The maximum atomic E-state index is 2.51. The van der Waals surface area contributed by atoms with Gasteiger partial charge in [-0.3, -0.25) is 0 Å². The molecule has 2 heteroatoms. The summed E-state index contributed by atoms with van der Waals surface area (Å²) in [5, 5.41) is 4.87. The first-order valence-electron chi connectivity index (χ1n) is 27.9. The lowest BCUT2D eigenvalue weighted by molar-refractivity contribution is 0.770. The smallest absolute Gasteiger partial charge is 0.0726 e. The molecule has 80 heavy (non-hydrogen) atoms. The fourth-order valence-corrected chi connectivity index (χ4v) is 14.8. The zero-order chi connectivity index (χ0) is 52.5. The molecule has 2 nitrogen and oxygen atoms in total. The van der Waals surface area contributed by atoms with Gasteiger partial charge < -0.3 is 9.47 Å². The van der Waals surface area contributed by atoms with Crippen molar-refractivity contribution in [1.82, 2.24) is 4.57 Å². The average Bonchev–Trinajstić information content (AvgIpc) is 4.30. The number of nitrogens with zero attached hydrogens (tertiary/aromatic N) is 2. The van der Waals surface area contributed by atoms with E-state index in [1.54, 1.807) is 0 Å². The van der Waals surface area contributed by atoms with Gasteiger partial charge in [0, 0.05) is 33.5 Å². The third-order valence-corrected chi connectivity index (χ3v) is 18.1. The molecule has 17 rings (SSSR count). The first-order chi connectivity index (χ1) is 39.7. The molecule has 14 aromatic rings. The van der Waals surface area contributed by atoms with Crippen LogP contribution in [0.3, 0.4) is 0 Å². The van der Waals surface area contributed by atoms with E-state index in [9.17, 15) is 0 Å². The predicted octanol–water partition coefficient (Wildman–Crippen LogP) is 19.8. The van der Waals surface area contributed by atoms with Gasteiger partial charge >= 0.3 is 0 Å². The molecule has 13 aromatic carbocycles. The van der Waals surface area contributed by atoms with Crippen molar-refractivity contribution in [3.63, 3.8) is 0 Å². The molecule has 0 N–H and O–H groups in total. The first-order valence-corrected chi connectivity index (χ1v) is 27.9. The lowest BCUT2D eigenvalue weighted by Crippen LogP contribution is -2.28. The van der Waals surface area contributed by atoms with E-state index in [2.05, 4.69) is 313 Å². The van der Waals surface area contributed by atoms with Crippen LogP contribution in [0, 0.1) is 0 Å². The molecule has 0 radical (unpaired) electrons. The number of para-hydroxylation sites is 1. The molecule has 0 aliphatic heterocycles. The minimum Gasteiger partial charge on any atom is -0.310 e. The summed E-state index contributed by atoms with van der Waals surface area (Å²) in [7, 11) is 0. The van der Waals surface area contributed by atoms with E-state index in [4.69, 9.17) is 0 Å². The molecule has 0 fully saturated rings. The van der Waals surface area contributed by atoms with Crippen molar-refractivity contribution in [3.8, 4) is 50.2 Å². The van der Waals surface area contributed by atoms with Gasteiger partial charge in [0.15, 0.2) is 0 Å². The highest BCUT2D eigenvalue weighted by molar-refractivity contribution is 6.11. The van der Waals surface area contributed by atoms with Gasteiger partial charge in [0.1, 0.15) is 0 Å². The van der Waals surface area contributed by atoms with Crippen LogP contribution in [0.1, 0.15) is 44.5 Å². The Morgan fingerprint density at radius 1 is 0.250 bits per heavy atom. The second kappa shape index (κ2) is 17.1. The Hall–Kier alpha value is -10.3. The summed E-state index contributed by atoms with van der Waals surface area (Å²) < 4.78 is 2.46. The standard InChI is InChI=1S/C78H50N2/c1-3-21-55(22-4-1)77(69-30-14-9-25-61(69)62-26-10-15-31-70(62)77)56-39-45-75-67(48-56)68-49-59(43-46-76(68)80(75)57-23-5-2-6-24-57)79(58-40-37-52(38-41-58)54-36-35-51-19-7-8-20-53(51)47-54)60-42-44-66-65-29-13-18-34-73(65)78(74(66)50-60)71-32-16-11-27-63(71)64-28-12-17-33-72(64)78/h1-50H. The number of benzene rings is 13. The highest BCUT2D eigenvalue weighted by atomic mass is 15.1. The Balaban J connectivity index is 0.920. The fourth-order valence-electron chi connectivity index (χ4n) is 14.8. The molecule has 1 heterocycles. The summed E-state index contributed by atoms with van der Waals surface area (Å²) >= 11 is 0. The normalized spacial score (nSPS) is 13.7. The van der Waals surface area contributed by atoms with Crippen LogP contribution in [-0.4, -0.2) is 4.57 Å². The molecule has 1 spiro atoms. The van der Waals surface area contributed by atoms with Crippen molar-refractivity contribution in [1.29, 1.82) is 0 Å². The molecule has 0 atom stereocenters. The van der Waals surface area contributed by atoms with Crippen molar-refractivity contribution in [2.75, 3.05) is 4.90 Å². The summed E-state index contributed by atoms with van der Waals surface area (Å²) in [4.78, 5) is 2.50. The van der Waals surface area contributed by atoms with Crippen LogP contribution in [0.4, 0.5) is 17.1 Å². The Bertz CT molecular complexity index is 4720. The Labute approximate surface area is 465 Å². The zero-order valence-electron chi connectivity index (χ0n) is 43.8. The molecule has 0 saturated carbocycles. The second-order valence-electron chi connectivity index (χ2n) is 21.9. The average molecular weight is 1020 g/mol. The van der Waals surface area contributed by atoms with Crippen molar-refractivity contribution < 1.29 is 0 Å². The van der Waals surface area contributed by atoms with E-state index in [0.717, 1.165) is 33.8 Å². The van der Waals surface area contributed by atoms with Crippen LogP contribution in [0.5, 0.6) is 0 Å². The van der Waals surface area contributed by atoms with Crippen molar-refractivity contribution >= 4 is 49.6 Å². The molecule has 0 unspecified atom stereocenters. The number of aromatic nitrogens is 1. The quantitative estimate of drug-likeness (QED) is 0.154. The summed E-state index contributed by atoms with van der Waals surface area (Å²) in [6.07, 6.45) is 0. The molecule has 0 bridgehead atoms. The second-order valence-corrected chi connectivity index (χ2v) is 21.9. The molecular formula is C78H50N2. The van der Waals surface area contributed by atoms with Gasteiger partial charge in [0.05, 0.1) is 21.9 Å². The van der Waals surface area contributed by atoms with E-state index in [1.165, 1.54) is 111 Å². The van der Waals surface area contributed by atoms with Gasteiger partial charge in [0.2, 0.25) is 0 Å². The summed E-state index contributed by atoms with van der Waals surface area (Å²) in [6.45, 7) is 0. The van der Waals surface area contributed by atoms with Crippen LogP contribution in [0.15, 0.2) is 303 Å². The molecule has 372 valence electrons. The number of fused-ring (bicyclic) bond motifs is 17. The molecule has 3 aliphatic rings. The molecule has 0 saturated heterocycles. The predicted molar refractivity (Wildman–Crippen MR) is 332 cm³/mol. The molecule has 3 aliphatic carbocycles. The van der Waals surface area contributed by atoms with Crippen LogP contribution in [0.25, 0.3) is 82.8 Å². The largest absolute Gasteiger partial charge is 0.310 e. The topological polar surface area (TPSA) is 8.17 Å². The first kappa shape index (κ1) is 44.8. The lowest BCUT2D eigenvalue weighted by Gasteiger charge is -2.34. The summed E-state index contributed by atoms with van der Waals surface area (Å²) in [6, 6.07) is 114. The number of rotatable bonds is 7. The summed E-state index contributed by atoms with van der Waals surface area (Å²) in [5.74, 6) is 0. The number of hydrogen-bond donors (Lipinski definition) is 0. The zero-order valence-corrected chi connectivity index (χ0v) is 43.8. The maximum absolute atomic E-state index is 2.51. The van der Waals surface area contributed by atoms with Crippen molar-refractivity contribution in [2.45, 2.75) is 10.8 Å². The monoisotopic (exact) mass is 1010 g/mol. The highest BCUT2D eigenvalue weighted by Crippen LogP contribution is 2.64. The van der Waals surface area contributed by atoms with Gasteiger partial charge in [-0.25, -0.2) is 0 Å². The molecule has 0 amide bonds. The van der Waals surface area contributed by atoms with E-state index in [1.807, 2.05) is 0 Å². The van der Waals surface area contributed by atoms with Gasteiger partial charge in [-0.1, -0.05) is 231 Å². The van der Waals surface area contributed by atoms with Crippen LogP contribution in [0.2, 0.25) is 0 Å². The Morgan fingerprint density at radius 3 is 1.29 bits per heavy atom. The minimum atomic E-state index is -0.546. The SMILES string of the molecule is c1ccc(-n2c3ccc(N(c4ccc(-c5ccc6ccccc6c5)cc4)c4ccc5c(c4)C4(c6ccccc6-c6ccccc64)c4ccccc4-5)cc3c3cc(C4(c5ccccc5)c5ccccc5-c5ccccc54)ccc32)cc1. The van der Waals surface area contributed by atoms with Gasteiger partial charge in [-0.15, -0.1) is 0 Å². The van der Waals surface area contributed by atoms with Crippen LogP contribution < -0.4 is 4.90 Å². The van der Waals surface area contributed by atoms with Crippen LogP contribution in [-0.2, 0) is 10.8 Å². The Kier molecular flexibility index (Phi) is 9.58. The minimum absolute atomic E-state index is 0.490. The van der Waals surface area contributed by atoms with E-state index in [0.29, 0.717) is 0 Å².